The number of carbonyl (C=O) groups excluding carboxylic acids is 7. The quantitative estimate of drug-likeness (QED) is 0.0397. The number of carbonyl (C=O) groups is 7. The summed E-state index contributed by atoms with van der Waals surface area (Å²) in [6.45, 7) is 25.4. The van der Waals surface area contributed by atoms with Crippen LogP contribution in [0.2, 0.25) is 0 Å². The van der Waals surface area contributed by atoms with E-state index in [1.807, 2.05) is 0 Å². The smallest absolute Gasteiger partial charge is 0.351 e. The molecule has 4 rings (SSSR count). The number of rotatable bonds is 18. The second-order valence-electron chi connectivity index (χ2n) is 15.3. The van der Waals surface area contributed by atoms with Crippen LogP contribution in [0.4, 0.5) is 8.78 Å². The zero-order valence-electron chi connectivity index (χ0n) is 39.1. The number of alkyl halides is 1. The van der Waals surface area contributed by atoms with Crippen molar-refractivity contribution in [2.75, 3.05) is 6.67 Å². The lowest BCUT2D eigenvalue weighted by atomic mass is 9.98. The van der Waals surface area contributed by atoms with Crippen LogP contribution in [0, 0.1) is 17.7 Å². The Labute approximate surface area is 402 Å². The molecule has 0 radical (unpaired) electrons. The van der Waals surface area contributed by atoms with Gasteiger partial charge in [-0.1, -0.05) is 50.8 Å². The second-order valence-corrected chi connectivity index (χ2v) is 15.3. The monoisotopic (exact) mass is 956 g/mol. The summed E-state index contributed by atoms with van der Waals surface area (Å²) in [5.41, 5.74) is 0.748. The maximum absolute atomic E-state index is 15.9. The highest BCUT2D eigenvalue weighted by Gasteiger charge is 2.29. The maximum Gasteiger partial charge on any atom is 0.351 e. The molecule has 360 valence electrons. The summed E-state index contributed by atoms with van der Waals surface area (Å²) in [4.78, 5) is 90.4. The molecule has 0 heterocycles. The van der Waals surface area contributed by atoms with Gasteiger partial charge in [0.1, 0.15) is 22.8 Å². The van der Waals surface area contributed by atoms with Gasteiger partial charge in [0.05, 0.1) is 12.2 Å². The van der Waals surface area contributed by atoms with Crippen molar-refractivity contribution >= 4 is 47.4 Å². The van der Waals surface area contributed by atoms with E-state index in [0.717, 1.165) is 30.3 Å². The molecule has 70 heavy (non-hydrogen) atoms. The van der Waals surface area contributed by atoms with Crippen LogP contribution < -0.4 is 33.2 Å². The van der Waals surface area contributed by atoms with Crippen LogP contribution in [0.15, 0.2) is 134 Å². The molecule has 0 aliphatic rings. The fourth-order valence-corrected chi connectivity index (χ4v) is 5.50. The zero-order chi connectivity index (χ0) is 52.0. The first kappa shape index (κ1) is 53.6. The van der Waals surface area contributed by atoms with Crippen LogP contribution in [0.3, 0.4) is 0 Å². The highest BCUT2D eigenvalue weighted by atomic mass is 19.1. The zero-order valence-corrected chi connectivity index (χ0v) is 39.1. The predicted octanol–water partition coefficient (Wildman–Crippen LogP) is 9.76. The van der Waals surface area contributed by atoms with Gasteiger partial charge in [-0.05, 0) is 114 Å². The SMILES string of the molecule is C=CC(=O)Oc1cc(OC(=O)c2c(OC(=O)C(=C)C)cc(OC(=O)C(C)=C(C)c3ccc(OC(=O)C(=C)C)c(CCCF)c3)cc2OC(=O)C(=C)C)c(F)cc1C#Cc1ccc(OC(=O)C(=C)C)cc1. The van der Waals surface area contributed by atoms with Crippen LogP contribution >= 0.6 is 0 Å². The average molecular weight is 957 g/mol. The summed E-state index contributed by atoms with van der Waals surface area (Å²) < 4.78 is 67.0. The molecule has 0 aromatic heterocycles. The van der Waals surface area contributed by atoms with Gasteiger partial charge in [-0.3, -0.25) is 4.39 Å². The topological polar surface area (TPSA) is 184 Å². The van der Waals surface area contributed by atoms with E-state index in [2.05, 4.69) is 44.7 Å². The van der Waals surface area contributed by atoms with Crippen molar-refractivity contribution < 1.29 is 75.5 Å². The van der Waals surface area contributed by atoms with Gasteiger partial charge >= 0.3 is 41.8 Å². The fraction of sp³-hybridized carbons (Fsp3) is 0.167. The standard InChI is InChI=1S/C54H46F2O14/c1-12-47(57)66-43-28-44(41(56)25-38(43)18-15-35-16-20-39(21-17-35)64-49(58)29(2)3)68-54(63)48-45(69-51(60)31(6)7)26-40(27-46(48)70-52(61)32(8)9)65-53(62)34(11)33(10)36-19-22-42(67-50(59)30(4)5)37(24-36)14-13-23-55/h12,16-17,19-22,24-28H,1-2,4,6,8,13-14,23H2,3,5,7,9-11H3. The lowest BCUT2D eigenvalue weighted by molar-refractivity contribution is -0.131. The first-order valence-electron chi connectivity index (χ1n) is 20.8. The van der Waals surface area contributed by atoms with Gasteiger partial charge in [0.15, 0.2) is 28.8 Å². The van der Waals surface area contributed by atoms with E-state index in [4.69, 9.17) is 33.2 Å². The Morgan fingerprint density at radius 3 is 1.61 bits per heavy atom. The maximum atomic E-state index is 15.9. The summed E-state index contributed by atoms with van der Waals surface area (Å²) in [5, 5.41) is 0. The summed E-state index contributed by atoms with van der Waals surface area (Å²) in [7, 11) is 0. The molecule has 0 fully saturated rings. The third kappa shape index (κ3) is 14.5. The minimum atomic E-state index is -1.49. The molecule has 0 N–H and O–H groups in total. The van der Waals surface area contributed by atoms with Crippen molar-refractivity contribution in [3.8, 4) is 52.1 Å². The Kier molecular flexibility index (Phi) is 18.5. The third-order valence-corrected chi connectivity index (χ3v) is 9.42. The van der Waals surface area contributed by atoms with E-state index in [-0.39, 0.29) is 57.8 Å². The van der Waals surface area contributed by atoms with Gasteiger partial charge in [0.2, 0.25) is 0 Å². The normalized spacial score (nSPS) is 10.7. The molecular formula is C54H46F2O14. The minimum Gasteiger partial charge on any atom is -0.423 e. The Bertz CT molecular complexity index is 2930. The Morgan fingerprint density at radius 1 is 0.557 bits per heavy atom. The van der Waals surface area contributed by atoms with Gasteiger partial charge in [0.25, 0.3) is 0 Å². The predicted molar refractivity (Wildman–Crippen MR) is 252 cm³/mol. The molecule has 4 aromatic carbocycles. The van der Waals surface area contributed by atoms with Crippen LogP contribution in [0.1, 0.15) is 80.6 Å². The van der Waals surface area contributed by atoms with Crippen molar-refractivity contribution in [2.24, 2.45) is 0 Å². The minimum absolute atomic E-state index is 0.0312. The molecular weight excluding hydrogens is 911 g/mol. The van der Waals surface area contributed by atoms with Crippen molar-refractivity contribution in [3.63, 3.8) is 0 Å². The molecule has 14 nitrogen and oxygen atoms in total. The molecule has 16 heteroatoms. The highest BCUT2D eigenvalue weighted by molar-refractivity contribution is 6.02. The Balaban J connectivity index is 1.79. The average Bonchev–Trinajstić information content (AvgIpc) is 3.31. The van der Waals surface area contributed by atoms with Gasteiger partial charge in [-0.15, -0.1) is 0 Å². The summed E-state index contributed by atoms with van der Waals surface area (Å²) in [6.07, 6.45) is 1.12. The number of hydrogen-bond acceptors (Lipinski definition) is 14. The summed E-state index contributed by atoms with van der Waals surface area (Å²) in [5.74, 6) is -5.46. The molecule has 0 spiro atoms. The highest BCUT2D eigenvalue weighted by Crippen LogP contribution is 2.38. The molecule has 0 bridgehead atoms. The lowest BCUT2D eigenvalue weighted by Gasteiger charge is -2.17. The molecule has 0 saturated carbocycles. The van der Waals surface area contributed by atoms with Gasteiger partial charge in [-0.2, -0.15) is 0 Å². The number of esters is 7. The van der Waals surface area contributed by atoms with E-state index in [9.17, 15) is 38.0 Å². The molecule has 0 amide bonds. The third-order valence-electron chi connectivity index (χ3n) is 9.42. The van der Waals surface area contributed by atoms with E-state index in [1.54, 1.807) is 19.1 Å². The summed E-state index contributed by atoms with van der Waals surface area (Å²) in [6, 6.07) is 14.1. The molecule has 0 unspecified atom stereocenters. The molecule has 0 atom stereocenters. The van der Waals surface area contributed by atoms with Crippen LogP contribution in [0.25, 0.3) is 5.57 Å². The molecule has 0 aliphatic heterocycles. The largest absolute Gasteiger partial charge is 0.423 e. The molecule has 0 saturated heterocycles. The van der Waals surface area contributed by atoms with Crippen LogP contribution in [-0.2, 0) is 35.2 Å². The molecule has 4 aromatic rings. The summed E-state index contributed by atoms with van der Waals surface area (Å²) >= 11 is 0. The molecule has 0 aliphatic carbocycles. The van der Waals surface area contributed by atoms with Crippen molar-refractivity contribution in [2.45, 2.75) is 54.4 Å². The number of aryl methyl sites for hydroxylation is 1. The first-order valence-corrected chi connectivity index (χ1v) is 20.8. The van der Waals surface area contributed by atoms with Crippen molar-refractivity contribution in [1.82, 2.24) is 0 Å². The van der Waals surface area contributed by atoms with Crippen LogP contribution in [0.5, 0.6) is 40.2 Å². The lowest BCUT2D eigenvalue weighted by Crippen LogP contribution is -2.19. The number of hydrogen-bond donors (Lipinski definition) is 0. The van der Waals surface area contributed by atoms with E-state index < -0.39 is 88.6 Å². The van der Waals surface area contributed by atoms with E-state index >= 15 is 4.39 Å². The Morgan fingerprint density at radius 2 is 1.09 bits per heavy atom. The Hall–Kier alpha value is -8.97. The van der Waals surface area contributed by atoms with Crippen molar-refractivity contribution in [1.29, 1.82) is 0 Å². The van der Waals surface area contributed by atoms with E-state index in [0.29, 0.717) is 22.3 Å². The van der Waals surface area contributed by atoms with Gasteiger partial charge in [-0.25, -0.2) is 38.0 Å². The number of allylic oxidation sites excluding steroid dienone is 1. The first-order chi connectivity index (χ1) is 33.0. The fourth-order valence-electron chi connectivity index (χ4n) is 5.50. The van der Waals surface area contributed by atoms with Gasteiger partial charge < -0.3 is 33.2 Å². The second kappa shape index (κ2) is 24.2. The number of benzene rings is 4. The number of ether oxygens (including phenoxy) is 7. The van der Waals surface area contributed by atoms with E-state index in [1.165, 1.54) is 65.0 Å². The van der Waals surface area contributed by atoms with Gasteiger partial charge in [0, 0.05) is 57.7 Å². The number of halogens is 2. The van der Waals surface area contributed by atoms with Crippen LogP contribution in [-0.4, -0.2) is 48.5 Å². The van der Waals surface area contributed by atoms with Crippen molar-refractivity contribution in [3.05, 3.63) is 167 Å².